The van der Waals surface area contributed by atoms with Crippen LogP contribution in [-0.2, 0) is 14.3 Å². The minimum atomic E-state index is -4.42. The number of ether oxygens (including phenoxy) is 1. The van der Waals surface area contributed by atoms with Crippen molar-refractivity contribution in [1.29, 1.82) is 0 Å². The normalized spacial score (nSPS) is 17.2. The van der Waals surface area contributed by atoms with Crippen molar-refractivity contribution in [1.82, 2.24) is 14.7 Å². The minimum absolute atomic E-state index is 0.0930. The van der Waals surface area contributed by atoms with E-state index in [0.29, 0.717) is 36.1 Å². The largest absolute Gasteiger partial charge is 0.468 e. The number of carbonyl (C=O) groups is 2. The van der Waals surface area contributed by atoms with E-state index in [9.17, 15) is 22.8 Å². The summed E-state index contributed by atoms with van der Waals surface area (Å²) in [6.45, 7) is 0.480. The molecule has 156 valence electrons. The van der Waals surface area contributed by atoms with Gasteiger partial charge in [-0.15, -0.1) is 0 Å². The number of benzene rings is 1. The number of esters is 1. The Bertz CT molecular complexity index is 677. The molecular formula is C18H23ClF3N3O3. The first-order chi connectivity index (χ1) is 13.1. The second-order valence-electron chi connectivity index (χ2n) is 6.65. The van der Waals surface area contributed by atoms with Crippen LogP contribution < -0.4 is 0 Å². The van der Waals surface area contributed by atoms with Gasteiger partial charge in [0.05, 0.1) is 13.7 Å². The highest BCUT2D eigenvalue weighted by molar-refractivity contribution is 6.30. The molecule has 28 heavy (non-hydrogen) atoms. The van der Waals surface area contributed by atoms with Gasteiger partial charge in [0, 0.05) is 38.2 Å². The predicted octanol–water partition coefficient (Wildman–Crippen LogP) is 2.19. The molecule has 0 aliphatic carbocycles. The molecule has 0 radical (unpaired) electrons. The van der Waals surface area contributed by atoms with Crippen molar-refractivity contribution in [2.24, 2.45) is 0 Å². The van der Waals surface area contributed by atoms with Crippen LogP contribution in [0.4, 0.5) is 13.2 Å². The van der Waals surface area contributed by atoms with Gasteiger partial charge in [-0.2, -0.15) is 13.2 Å². The van der Waals surface area contributed by atoms with Gasteiger partial charge in [0.25, 0.3) is 0 Å². The quantitative estimate of drug-likeness (QED) is 0.659. The van der Waals surface area contributed by atoms with Gasteiger partial charge in [0.15, 0.2) is 0 Å². The van der Waals surface area contributed by atoms with E-state index in [2.05, 4.69) is 0 Å². The molecule has 1 aliphatic heterocycles. The third kappa shape index (κ3) is 6.35. The first kappa shape index (κ1) is 22.4. The fourth-order valence-corrected chi connectivity index (χ4v) is 3.23. The molecule has 1 aromatic carbocycles. The Morgan fingerprint density at radius 3 is 2.25 bits per heavy atom. The molecular weight excluding hydrogens is 399 g/mol. The van der Waals surface area contributed by atoms with Gasteiger partial charge in [-0.3, -0.25) is 14.6 Å². The fourth-order valence-electron chi connectivity index (χ4n) is 3.10. The number of hydrogen-bond acceptors (Lipinski definition) is 5. The van der Waals surface area contributed by atoms with Crippen molar-refractivity contribution in [3.8, 4) is 0 Å². The Balaban J connectivity index is 1.96. The number of amides is 1. The summed E-state index contributed by atoms with van der Waals surface area (Å²) in [5.74, 6) is -0.996. The number of methoxy groups -OCH3 is 1. The van der Waals surface area contributed by atoms with Gasteiger partial charge >= 0.3 is 12.1 Å². The lowest BCUT2D eigenvalue weighted by molar-refractivity contribution is -0.159. The number of carbonyl (C=O) groups excluding carboxylic acids is 2. The number of rotatable bonds is 6. The van der Waals surface area contributed by atoms with Gasteiger partial charge in [0.2, 0.25) is 5.91 Å². The smallest absolute Gasteiger partial charge is 0.406 e. The van der Waals surface area contributed by atoms with Crippen molar-refractivity contribution < 1.29 is 27.5 Å². The molecule has 2 rings (SSSR count). The molecule has 1 fully saturated rings. The Morgan fingerprint density at radius 2 is 1.75 bits per heavy atom. The Kier molecular flexibility index (Phi) is 7.68. The molecule has 1 heterocycles. The molecule has 0 aromatic heterocycles. The third-order valence-electron chi connectivity index (χ3n) is 4.58. The topological polar surface area (TPSA) is 53.1 Å². The predicted molar refractivity (Wildman–Crippen MR) is 97.9 cm³/mol. The molecule has 1 aromatic rings. The molecule has 0 saturated carbocycles. The SMILES string of the molecule is COC(=O)C(c1ccc(Cl)cc1)N1CCN(CC(=O)N(C)CC(F)(F)F)CC1. The van der Waals surface area contributed by atoms with Crippen molar-refractivity contribution in [2.75, 3.05) is 53.4 Å². The minimum Gasteiger partial charge on any atom is -0.468 e. The fraction of sp³-hybridized carbons (Fsp3) is 0.556. The molecule has 1 atom stereocenters. The van der Waals surface area contributed by atoms with Gasteiger partial charge < -0.3 is 9.64 Å². The maximum absolute atomic E-state index is 12.4. The zero-order valence-corrected chi connectivity index (χ0v) is 16.5. The standard InChI is InChI=1S/C18H23ClF3N3O3/c1-23(12-18(20,21)22)15(26)11-24-7-9-25(10-8-24)16(17(27)28-2)13-3-5-14(19)6-4-13/h3-6,16H,7-12H2,1-2H3. The summed E-state index contributed by atoms with van der Waals surface area (Å²) in [5.41, 5.74) is 0.741. The molecule has 6 nitrogen and oxygen atoms in total. The molecule has 0 spiro atoms. The Labute approximate surface area is 166 Å². The summed E-state index contributed by atoms with van der Waals surface area (Å²) in [6, 6.07) is 6.29. The van der Waals surface area contributed by atoms with Crippen LogP contribution in [0.1, 0.15) is 11.6 Å². The van der Waals surface area contributed by atoms with Crippen LogP contribution in [0.3, 0.4) is 0 Å². The molecule has 0 N–H and O–H groups in total. The number of alkyl halides is 3. The number of nitrogens with zero attached hydrogens (tertiary/aromatic N) is 3. The zero-order chi connectivity index (χ0) is 20.9. The van der Waals surface area contributed by atoms with E-state index in [0.717, 1.165) is 12.6 Å². The van der Waals surface area contributed by atoms with Gasteiger partial charge in [-0.25, -0.2) is 4.79 Å². The van der Waals surface area contributed by atoms with Crippen LogP contribution >= 0.6 is 11.6 Å². The Morgan fingerprint density at radius 1 is 1.18 bits per heavy atom. The second kappa shape index (κ2) is 9.58. The Hall–Kier alpha value is -1.84. The third-order valence-corrected chi connectivity index (χ3v) is 4.84. The first-order valence-electron chi connectivity index (χ1n) is 8.71. The van der Waals surface area contributed by atoms with Crippen molar-refractivity contribution in [2.45, 2.75) is 12.2 Å². The summed E-state index contributed by atoms with van der Waals surface area (Å²) < 4.78 is 42.2. The number of likely N-dealkylation sites (N-methyl/N-ethyl adjacent to an activating group) is 1. The average molecular weight is 422 g/mol. The number of piperazine rings is 1. The monoisotopic (exact) mass is 421 g/mol. The van der Waals surface area contributed by atoms with Crippen LogP contribution in [0.2, 0.25) is 5.02 Å². The summed E-state index contributed by atoms with van der Waals surface area (Å²) in [7, 11) is 2.45. The van der Waals surface area contributed by atoms with E-state index in [-0.39, 0.29) is 6.54 Å². The van der Waals surface area contributed by atoms with Crippen LogP contribution in [0.25, 0.3) is 0 Å². The highest BCUT2D eigenvalue weighted by Crippen LogP contribution is 2.25. The van der Waals surface area contributed by atoms with Gasteiger partial charge in [-0.1, -0.05) is 23.7 Å². The van der Waals surface area contributed by atoms with E-state index in [1.54, 1.807) is 29.2 Å². The highest BCUT2D eigenvalue weighted by atomic mass is 35.5. The maximum atomic E-state index is 12.4. The number of halogens is 4. The molecule has 10 heteroatoms. The highest BCUT2D eigenvalue weighted by Gasteiger charge is 2.34. The molecule has 1 aliphatic rings. The molecule has 1 amide bonds. The molecule has 1 unspecified atom stereocenters. The lowest BCUT2D eigenvalue weighted by Crippen LogP contribution is -2.52. The van der Waals surface area contributed by atoms with Gasteiger partial charge in [-0.05, 0) is 17.7 Å². The summed E-state index contributed by atoms with van der Waals surface area (Å²) in [4.78, 5) is 28.7. The summed E-state index contributed by atoms with van der Waals surface area (Å²) in [6.07, 6.45) is -4.42. The van der Waals surface area contributed by atoms with E-state index in [1.807, 2.05) is 4.90 Å². The summed E-state index contributed by atoms with van der Waals surface area (Å²) in [5, 5.41) is 0.554. The molecule has 0 bridgehead atoms. The van der Waals surface area contributed by atoms with E-state index in [4.69, 9.17) is 16.3 Å². The lowest BCUT2D eigenvalue weighted by Gasteiger charge is -2.38. The van der Waals surface area contributed by atoms with Crippen LogP contribution in [0, 0.1) is 0 Å². The number of hydrogen-bond donors (Lipinski definition) is 0. The van der Waals surface area contributed by atoms with E-state index >= 15 is 0 Å². The summed E-state index contributed by atoms with van der Waals surface area (Å²) >= 11 is 5.91. The lowest BCUT2D eigenvalue weighted by atomic mass is 10.0. The van der Waals surface area contributed by atoms with E-state index in [1.165, 1.54) is 7.11 Å². The molecule has 1 saturated heterocycles. The van der Waals surface area contributed by atoms with Crippen molar-refractivity contribution in [3.63, 3.8) is 0 Å². The first-order valence-corrected chi connectivity index (χ1v) is 9.09. The van der Waals surface area contributed by atoms with Crippen molar-refractivity contribution >= 4 is 23.5 Å². The maximum Gasteiger partial charge on any atom is 0.406 e. The zero-order valence-electron chi connectivity index (χ0n) is 15.7. The van der Waals surface area contributed by atoms with Crippen molar-refractivity contribution in [3.05, 3.63) is 34.9 Å². The van der Waals surface area contributed by atoms with E-state index < -0.39 is 30.6 Å². The second-order valence-corrected chi connectivity index (χ2v) is 7.09. The van der Waals surface area contributed by atoms with Crippen LogP contribution in [-0.4, -0.2) is 86.2 Å². The van der Waals surface area contributed by atoms with Crippen LogP contribution in [0.15, 0.2) is 24.3 Å². The van der Waals surface area contributed by atoms with Gasteiger partial charge in [0.1, 0.15) is 12.6 Å². The average Bonchev–Trinajstić information content (AvgIpc) is 2.63. The van der Waals surface area contributed by atoms with Crippen LogP contribution in [0.5, 0.6) is 0 Å².